The zero-order chi connectivity index (χ0) is 15.9. The smallest absolute Gasteiger partial charge is 0.237 e. The van der Waals surface area contributed by atoms with E-state index in [2.05, 4.69) is 55.1 Å². The molecule has 1 aromatic rings. The highest BCUT2D eigenvalue weighted by molar-refractivity contribution is 5.25. The maximum absolute atomic E-state index is 5.44. The van der Waals surface area contributed by atoms with Crippen molar-refractivity contribution < 1.29 is 4.74 Å². The summed E-state index contributed by atoms with van der Waals surface area (Å²) in [6.45, 7) is 7.58. The molecule has 5 heteroatoms. The standard InChI is InChI=1S/C16H30N4O/c1-7-10-18-14(16(8-2,9-3)20(4)5)13-15(21-6)19-12-11-17-13/h11-12,14,18H,7-10H2,1-6H3. The molecule has 120 valence electrons. The SMILES string of the molecule is CCCNC(c1nccnc1OC)C(CC)(CC)N(C)C. The van der Waals surface area contributed by atoms with E-state index in [-0.39, 0.29) is 11.6 Å². The Labute approximate surface area is 129 Å². The fourth-order valence-corrected chi connectivity index (χ4v) is 3.07. The number of ether oxygens (including phenoxy) is 1. The van der Waals surface area contributed by atoms with Crippen molar-refractivity contribution >= 4 is 0 Å². The molecule has 1 atom stereocenters. The molecule has 1 heterocycles. The molecule has 0 aliphatic heterocycles. The summed E-state index contributed by atoms with van der Waals surface area (Å²) in [5.41, 5.74) is 0.879. The molecule has 0 spiro atoms. The Bertz CT molecular complexity index is 418. The largest absolute Gasteiger partial charge is 0.480 e. The number of nitrogens with zero attached hydrogens (tertiary/aromatic N) is 3. The third-order valence-corrected chi connectivity index (χ3v) is 4.41. The number of hydrogen-bond acceptors (Lipinski definition) is 5. The van der Waals surface area contributed by atoms with Crippen LogP contribution in [0, 0.1) is 0 Å². The third-order valence-electron chi connectivity index (χ3n) is 4.41. The van der Waals surface area contributed by atoms with Crippen molar-refractivity contribution in [2.24, 2.45) is 0 Å². The summed E-state index contributed by atoms with van der Waals surface area (Å²) >= 11 is 0. The average Bonchev–Trinajstić information content (AvgIpc) is 2.51. The molecule has 0 amide bonds. The summed E-state index contributed by atoms with van der Waals surface area (Å²) in [5.74, 6) is 0.610. The average molecular weight is 294 g/mol. The molecule has 0 saturated heterocycles. The molecule has 0 fully saturated rings. The molecule has 0 aliphatic carbocycles. The van der Waals surface area contributed by atoms with Gasteiger partial charge in [-0.3, -0.25) is 4.98 Å². The Morgan fingerprint density at radius 3 is 2.29 bits per heavy atom. The lowest BCUT2D eigenvalue weighted by molar-refractivity contribution is 0.0845. The van der Waals surface area contributed by atoms with Crippen molar-refractivity contribution in [2.75, 3.05) is 27.7 Å². The minimum Gasteiger partial charge on any atom is -0.480 e. The quantitative estimate of drug-likeness (QED) is 0.759. The first kappa shape index (κ1) is 17.9. The molecule has 0 saturated carbocycles. The number of likely N-dealkylation sites (N-methyl/N-ethyl adjacent to an activating group) is 1. The normalized spacial score (nSPS) is 13.5. The molecule has 21 heavy (non-hydrogen) atoms. The lowest BCUT2D eigenvalue weighted by atomic mass is 9.81. The van der Waals surface area contributed by atoms with E-state index in [1.165, 1.54) is 0 Å². The van der Waals surface area contributed by atoms with Crippen LogP contribution in [0.25, 0.3) is 0 Å². The van der Waals surface area contributed by atoms with Crippen LogP contribution in [0.2, 0.25) is 0 Å². The van der Waals surface area contributed by atoms with Crippen LogP contribution in [0.3, 0.4) is 0 Å². The van der Waals surface area contributed by atoms with E-state index >= 15 is 0 Å². The van der Waals surface area contributed by atoms with Gasteiger partial charge in [0.15, 0.2) is 0 Å². The van der Waals surface area contributed by atoms with Gasteiger partial charge in [-0.15, -0.1) is 0 Å². The zero-order valence-corrected chi connectivity index (χ0v) is 14.3. The third kappa shape index (κ3) is 3.71. The molecular formula is C16H30N4O. The van der Waals surface area contributed by atoms with Crippen LogP contribution in [-0.4, -0.2) is 48.2 Å². The van der Waals surface area contributed by atoms with Crippen molar-refractivity contribution in [2.45, 2.75) is 51.6 Å². The highest BCUT2D eigenvalue weighted by Crippen LogP contribution is 2.37. The van der Waals surface area contributed by atoms with Crippen LogP contribution in [0.4, 0.5) is 0 Å². The molecule has 1 aromatic heterocycles. The van der Waals surface area contributed by atoms with Crippen LogP contribution in [0.1, 0.15) is 51.8 Å². The summed E-state index contributed by atoms with van der Waals surface area (Å²) in [4.78, 5) is 11.2. The van der Waals surface area contributed by atoms with E-state index in [1.54, 1.807) is 19.5 Å². The maximum atomic E-state index is 5.44. The van der Waals surface area contributed by atoms with E-state index in [9.17, 15) is 0 Å². The number of nitrogens with one attached hydrogen (secondary N) is 1. The highest BCUT2D eigenvalue weighted by atomic mass is 16.5. The Morgan fingerprint density at radius 2 is 1.81 bits per heavy atom. The first-order valence-corrected chi connectivity index (χ1v) is 7.83. The monoisotopic (exact) mass is 294 g/mol. The lowest BCUT2D eigenvalue weighted by Gasteiger charge is -2.45. The van der Waals surface area contributed by atoms with Gasteiger partial charge in [-0.25, -0.2) is 4.98 Å². The molecule has 0 aromatic carbocycles. The second kappa shape index (κ2) is 8.29. The van der Waals surface area contributed by atoms with Crippen LogP contribution in [0.15, 0.2) is 12.4 Å². The van der Waals surface area contributed by atoms with Crippen molar-refractivity contribution in [3.63, 3.8) is 0 Å². The highest BCUT2D eigenvalue weighted by Gasteiger charge is 2.40. The predicted octanol–water partition coefficient (Wildman–Crippen LogP) is 2.65. The van der Waals surface area contributed by atoms with Gasteiger partial charge in [-0.2, -0.15) is 0 Å². The summed E-state index contributed by atoms with van der Waals surface area (Å²) in [5, 5.41) is 3.66. The Hall–Kier alpha value is -1.20. The summed E-state index contributed by atoms with van der Waals surface area (Å²) in [6.07, 6.45) is 6.55. The van der Waals surface area contributed by atoms with E-state index in [4.69, 9.17) is 4.74 Å². The fourth-order valence-electron chi connectivity index (χ4n) is 3.07. The second-order valence-corrected chi connectivity index (χ2v) is 5.54. The van der Waals surface area contributed by atoms with Crippen LogP contribution in [-0.2, 0) is 0 Å². The molecule has 0 bridgehead atoms. The van der Waals surface area contributed by atoms with Gasteiger partial charge in [0, 0.05) is 17.9 Å². The van der Waals surface area contributed by atoms with E-state index in [0.717, 1.165) is 31.5 Å². The first-order valence-electron chi connectivity index (χ1n) is 7.83. The maximum Gasteiger partial charge on any atom is 0.237 e. The van der Waals surface area contributed by atoms with Gasteiger partial charge in [-0.1, -0.05) is 20.8 Å². The second-order valence-electron chi connectivity index (χ2n) is 5.54. The minimum absolute atomic E-state index is 0.0154. The number of aromatic nitrogens is 2. The summed E-state index contributed by atoms with van der Waals surface area (Å²) in [7, 11) is 5.92. The van der Waals surface area contributed by atoms with Crippen LogP contribution in [0.5, 0.6) is 5.88 Å². The minimum atomic E-state index is -0.0154. The van der Waals surface area contributed by atoms with E-state index in [0.29, 0.717) is 5.88 Å². The van der Waals surface area contributed by atoms with Crippen molar-refractivity contribution in [1.82, 2.24) is 20.2 Å². The summed E-state index contributed by atoms with van der Waals surface area (Å²) < 4.78 is 5.44. The Morgan fingerprint density at radius 1 is 1.19 bits per heavy atom. The topological polar surface area (TPSA) is 50.3 Å². The Balaban J connectivity index is 3.32. The molecule has 1 unspecified atom stereocenters. The predicted molar refractivity (Wildman–Crippen MR) is 86.6 cm³/mol. The van der Waals surface area contributed by atoms with Gasteiger partial charge in [-0.05, 0) is 39.9 Å². The van der Waals surface area contributed by atoms with Gasteiger partial charge < -0.3 is 15.0 Å². The van der Waals surface area contributed by atoms with Crippen molar-refractivity contribution in [3.8, 4) is 5.88 Å². The summed E-state index contributed by atoms with van der Waals surface area (Å²) in [6, 6.07) is 0.0890. The van der Waals surface area contributed by atoms with Gasteiger partial charge >= 0.3 is 0 Å². The number of hydrogen-bond donors (Lipinski definition) is 1. The molecule has 0 radical (unpaired) electrons. The molecule has 5 nitrogen and oxygen atoms in total. The molecular weight excluding hydrogens is 264 g/mol. The fraction of sp³-hybridized carbons (Fsp3) is 0.750. The van der Waals surface area contributed by atoms with E-state index in [1.807, 2.05) is 0 Å². The van der Waals surface area contributed by atoms with Gasteiger partial charge in [0.25, 0.3) is 0 Å². The lowest BCUT2D eigenvalue weighted by Crippen LogP contribution is -2.53. The molecule has 1 rings (SSSR count). The van der Waals surface area contributed by atoms with Gasteiger partial charge in [0.05, 0.1) is 13.2 Å². The molecule has 1 N–H and O–H groups in total. The number of methoxy groups -OCH3 is 1. The van der Waals surface area contributed by atoms with E-state index < -0.39 is 0 Å². The van der Waals surface area contributed by atoms with Gasteiger partial charge in [0.1, 0.15) is 5.69 Å². The van der Waals surface area contributed by atoms with Crippen molar-refractivity contribution in [1.29, 1.82) is 0 Å². The van der Waals surface area contributed by atoms with Crippen LogP contribution < -0.4 is 10.1 Å². The van der Waals surface area contributed by atoms with Crippen molar-refractivity contribution in [3.05, 3.63) is 18.1 Å². The molecule has 0 aliphatic rings. The zero-order valence-electron chi connectivity index (χ0n) is 14.3. The number of rotatable bonds is 9. The first-order chi connectivity index (χ1) is 10.1. The Kier molecular flexibility index (Phi) is 7.05. The van der Waals surface area contributed by atoms with Crippen LogP contribution >= 0.6 is 0 Å². The van der Waals surface area contributed by atoms with Gasteiger partial charge in [0.2, 0.25) is 5.88 Å².